The number of rotatable bonds is 2. The number of anilines is 1. The maximum Gasteiger partial charge on any atom is 0.118 e. The molecule has 0 saturated carbocycles. The van der Waals surface area contributed by atoms with Gasteiger partial charge in [0.2, 0.25) is 0 Å². The molecule has 1 aliphatic heterocycles. The monoisotopic (exact) mass is 247 g/mol. The molecule has 0 bridgehead atoms. The van der Waals surface area contributed by atoms with Gasteiger partial charge >= 0.3 is 0 Å². The summed E-state index contributed by atoms with van der Waals surface area (Å²) in [6.45, 7) is 6.47. The highest BCUT2D eigenvalue weighted by Gasteiger charge is 2.28. The lowest BCUT2D eigenvalue weighted by atomic mass is 9.92. The van der Waals surface area contributed by atoms with Gasteiger partial charge in [0.05, 0.1) is 12.3 Å². The lowest BCUT2D eigenvalue weighted by molar-refractivity contribution is 0.282. The van der Waals surface area contributed by atoms with Crippen LogP contribution in [0, 0.1) is 5.41 Å². The molecule has 0 spiro atoms. The van der Waals surface area contributed by atoms with E-state index in [4.69, 9.17) is 10.8 Å². The molecule has 4 N–H and O–H groups in total. The molecule has 0 aliphatic carbocycles. The summed E-state index contributed by atoms with van der Waals surface area (Å²) in [6, 6.07) is 7.73. The summed E-state index contributed by atoms with van der Waals surface area (Å²) in [6.07, 6.45) is 1.85. The van der Waals surface area contributed by atoms with E-state index in [1.165, 1.54) is 0 Å². The first kappa shape index (κ1) is 12.9. The van der Waals surface area contributed by atoms with E-state index >= 15 is 0 Å². The minimum Gasteiger partial charge on any atom is -0.392 e. The van der Waals surface area contributed by atoms with Crippen LogP contribution in [0.3, 0.4) is 0 Å². The van der Waals surface area contributed by atoms with Gasteiger partial charge in [-0.3, -0.25) is 5.01 Å². The second-order valence-electron chi connectivity index (χ2n) is 5.63. The summed E-state index contributed by atoms with van der Waals surface area (Å²) in [5.41, 5.74) is 12.5. The van der Waals surface area contributed by atoms with Crippen LogP contribution in [0.2, 0.25) is 0 Å². The fourth-order valence-corrected chi connectivity index (χ4v) is 1.95. The molecule has 0 aromatic heterocycles. The highest BCUT2D eigenvalue weighted by atomic mass is 16.3. The van der Waals surface area contributed by atoms with Crippen molar-refractivity contribution in [3.63, 3.8) is 0 Å². The Hall–Kier alpha value is -1.52. The number of hydrogen-bond acceptors (Lipinski definition) is 4. The number of nitrogens with one attached hydrogen (secondary N) is 1. The fourth-order valence-electron chi connectivity index (χ4n) is 1.95. The number of aliphatic hydroxyl groups is 1. The molecule has 4 nitrogen and oxygen atoms in total. The van der Waals surface area contributed by atoms with E-state index in [9.17, 15) is 0 Å². The number of benzene rings is 1. The lowest BCUT2D eigenvalue weighted by Gasteiger charge is -2.28. The zero-order chi connectivity index (χ0) is 13.3. The maximum absolute atomic E-state index is 9.17. The van der Waals surface area contributed by atoms with Gasteiger partial charge in [0.25, 0.3) is 0 Å². The van der Waals surface area contributed by atoms with Crippen LogP contribution in [0.4, 0.5) is 5.69 Å². The summed E-state index contributed by atoms with van der Waals surface area (Å²) < 4.78 is 0. The molecule has 18 heavy (non-hydrogen) atoms. The van der Waals surface area contributed by atoms with Gasteiger partial charge in [0.1, 0.15) is 6.17 Å². The van der Waals surface area contributed by atoms with Gasteiger partial charge in [0.15, 0.2) is 0 Å². The van der Waals surface area contributed by atoms with Crippen LogP contribution in [0.5, 0.6) is 0 Å². The molecule has 1 heterocycles. The minimum absolute atomic E-state index is 0.0382. The Bertz CT molecular complexity index is 462. The second kappa shape index (κ2) is 4.63. The van der Waals surface area contributed by atoms with Gasteiger partial charge in [-0.15, -0.1) is 0 Å². The zero-order valence-corrected chi connectivity index (χ0v) is 11.1. The normalized spacial score (nSPS) is 19.7. The molecule has 1 aromatic rings. The summed E-state index contributed by atoms with van der Waals surface area (Å²) in [4.78, 5) is 0. The molecule has 1 atom stereocenters. The van der Waals surface area contributed by atoms with E-state index in [1.54, 1.807) is 0 Å². The van der Waals surface area contributed by atoms with E-state index in [-0.39, 0.29) is 18.2 Å². The first-order valence-electron chi connectivity index (χ1n) is 6.15. The van der Waals surface area contributed by atoms with Crippen LogP contribution >= 0.6 is 0 Å². The molecule has 0 amide bonds. The number of nitrogens with zero attached hydrogens (tertiary/aromatic N) is 1. The van der Waals surface area contributed by atoms with Crippen molar-refractivity contribution in [2.75, 3.05) is 5.01 Å². The number of hydrazine groups is 1. The van der Waals surface area contributed by atoms with Crippen molar-refractivity contribution in [1.29, 1.82) is 0 Å². The molecule has 2 rings (SSSR count). The SMILES string of the molecule is CC(C)(C)C1=CC(N)N(c2cccc(CO)c2)N1. The third-order valence-corrected chi connectivity index (χ3v) is 3.06. The van der Waals surface area contributed by atoms with Crippen molar-refractivity contribution < 1.29 is 5.11 Å². The fraction of sp³-hybridized carbons (Fsp3) is 0.429. The van der Waals surface area contributed by atoms with Crippen LogP contribution in [-0.2, 0) is 6.61 Å². The zero-order valence-electron chi connectivity index (χ0n) is 11.1. The molecule has 1 aliphatic rings. The summed E-state index contributed by atoms with van der Waals surface area (Å²) in [7, 11) is 0. The van der Waals surface area contributed by atoms with Gasteiger partial charge in [-0.2, -0.15) is 0 Å². The van der Waals surface area contributed by atoms with Crippen molar-refractivity contribution in [3.8, 4) is 0 Å². The second-order valence-corrected chi connectivity index (χ2v) is 5.63. The molecule has 1 unspecified atom stereocenters. The largest absolute Gasteiger partial charge is 0.392 e. The Balaban J connectivity index is 2.22. The van der Waals surface area contributed by atoms with Crippen LogP contribution in [0.25, 0.3) is 0 Å². The molecule has 4 heteroatoms. The number of allylic oxidation sites excluding steroid dienone is 1. The summed E-state index contributed by atoms with van der Waals surface area (Å²) in [5, 5.41) is 11.1. The minimum atomic E-state index is -0.187. The van der Waals surface area contributed by atoms with E-state index in [0.717, 1.165) is 16.9 Å². The summed E-state index contributed by atoms with van der Waals surface area (Å²) >= 11 is 0. The van der Waals surface area contributed by atoms with E-state index < -0.39 is 0 Å². The van der Waals surface area contributed by atoms with Gasteiger partial charge < -0.3 is 16.3 Å². The quantitative estimate of drug-likeness (QED) is 0.744. The predicted octanol–water partition coefficient (Wildman–Crippen LogP) is 1.72. The Morgan fingerprint density at radius 1 is 1.39 bits per heavy atom. The van der Waals surface area contributed by atoms with Crippen molar-refractivity contribution in [2.45, 2.75) is 33.5 Å². The number of nitrogens with two attached hydrogens (primary N) is 1. The Morgan fingerprint density at radius 2 is 2.11 bits per heavy atom. The van der Waals surface area contributed by atoms with E-state index in [1.807, 2.05) is 35.4 Å². The average molecular weight is 247 g/mol. The molecular weight excluding hydrogens is 226 g/mol. The van der Waals surface area contributed by atoms with Crippen LogP contribution in [0.1, 0.15) is 26.3 Å². The van der Waals surface area contributed by atoms with E-state index in [2.05, 4.69) is 26.2 Å². The Morgan fingerprint density at radius 3 is 2.67 bits per heavy atom. The lowest BCUT2D eigenvalue weighted by Crippen LogP contribution is -2.44. The van der Waals surface area contributed by atoms with Crippen LogP contribution in [0.15, 0.2) is 36.0 Å². The van der Waals surface area contributed by atoms with Crippen molar-refractivity contribution in [3.05, 3.63) is 41.6 Å². The molecule has 0 saturated heterocycles. The predicted molar refractivity (Wildman–Crippen MR) is 73.5 cm³/mol. The molecular formula is C14H21N3O. The third-order valence-electron chi connectivity index (χ3n) is 3.06. The van der Waals surface area contributed by atoms with Crippen molar-refractivity contribution in [2.24, 2.45) is 11.1 Å². The molecule has 0 fully saturated rings. The van der Waals surface area contributed by atoms with Crippen molar-refractivity contribution >= 4 is 5.69 Å². The maximum atomic E-state index is 9.17. The molecule has 1 aromatic carbocycles. The van der Waals surface area contributed by atoms with Gasteiger partial charge in [-0.1, -0.05) is 32.9 Å². The van der Waals surface area contributed by atoms with Gasteiger partial charge in [-0.25, -0.2) is 0 Å². The topological polar surface area (TPSA) is 61.5 Å². The van der Waals surface area contributed by atoms with Crippen LogP contribution in [-0.4, -0.2) is 11.3 Å². The average Bonchev–Trinajstić information content (AvgIpc) is 2.71. The van der Waals surface area contributed by atoms with Crippen LogP contribution < -0.4 is 16.2 Å². The highest BCUT2D eigenvalue weighted by molar-refractivity contribution is 5.51. The third kappa shape index (κ3) is 2.49. The number of hydrogen-bond donors (Lipinski definition) is 3. The Kier molecular flexibility index (Phi) is 3.32. The number of aliphatic hydroxyl groups excluding tert-OH is 1. The Labute approximate surface area is 108 Å². The first-order chi connectivity index (χ1) is 8.41. The molecule has 0 radical (unpaired) electrons. The summed E-state index contributed by atoms with van der Waals surface area (Å²) in [5.74, 6) is 0. The van der Waals surface area contributed by atoms with Gasteiger partial charge in [-0.05, 0) is 23.8 Å². The molecule has 98 valence electrons. The van der Waals surface area contributed by atoms with Crippen molar-refractivity contribution in [1.82, 2.24) is 5.43 Å². The van der Waals surface area contributed by atoms with E-state index in [0.29, 0.717) is 0 Å². The first-order valence-corrected chi connectivity index (χ1v) is 6.15. The standard InChI is InChI=1S/C14H21N3O/c1-14(2,3)12-8-13(15)17(16-12)11-6-4-5-10(7-11)9-18/h4-8,13,16,18H,9,15H2,1-3H3. The van der Waals surface area contributed by atoms with Gasteiger partial charge in [0, 0.05) is 11.1 Å². The smallest absolute Gasteiger partial charge is 0.118 e. The highest BCUT2D eigenvalue weighted by Crippen LogP contribution is 2.29.